The van der Waals surface area contributed by atoms with Crippen LogP contribution in [-0.2, 0) is 6.54 Å². The predicted octanol–water partition coefficient (Wildman–Crippen LogP) is 2.72. The van der Waals surface area contributed by atoms with Gasteiger partial charge in [0.05, 0.1) is 12.0 Å². The number of methoxy groups -OCH3 is 1. The summed E-state index contributed by atoms with van der Waals surface area (Å²) in [6.07, 6.45) is 3.74. The Kier molecular flexibility index (Phi) is 5.99. The zero-order valence-corrected chi connectivity index (χ0v) is 13.6. The van der Waals surface area contributed by atoms with E-state index in [1.165, 1.54) is 10.4 Å². The van der Waals surface area contributed by atoms with Crippen LogP contribution in [0, 0.1) is 0 Å². The highest BCUT2D eigenvalue weighted by Crippen LogP contribution is 2.30. The van der Waals surface area contributed by atoms with Crippen molar-refractivity contribution >= 4 is 23.7 Å². The van der Waals surface area contributed by atoms with Gasteiger partial charge in [-0.2, -0.15) is 0 Å². The molecule has 1 saturated heterocycles. The minimum absolute atomic E-state index is 0. The molecule has 0 saturated carbocycles. The van der Waals surface area contributed by atoms with Crippen molar-refractivity contribution in [1.29, 1.82) is 0 Å². The number of pyridine rings is 1. The Labute approximate surface area is 135 Å². The zero-order chi connectivity index (χ0) is 13.8. The molecule has 1 N–H and O–H groups in total. The Balaban J connectivity index is 0.00000161. The first-order valence-corrected chi connectivity index (χ1v) is 7.71. The Morgan fingerprint density at radius 3 is 2.95 bits per heavy atom. The van der Waals surface area contributed by atoms with Crippen molar-refractivity contribution in [3.05, 3.63) is 46.4 Å². The highest BCUT2D eigenvalue weighted by molar-refractivity contribution is 7.10. The topological polar surface area (TPSA) is 37.4 Å². The molecule has 0 aliphatic carbocycles. The quantitative estimate of drug-likeness (QED) is 0.938. The van der Waals surface area contributed by atoms with Gasteiger partial charge in [-0.05, 0) is 29.1 Å². The number of halogens is 1. The molecule has 0 amide bonds. The molecule has 0 radical (unpaired) electrons. The summed E-state index contributed by atoms with van der Waals surface area (Å²) < 4.78 is 5.43. The van der Waals surface area contributed by atoms with Gasteiger partial charge in [-0.15, -0.1) is 23.7 Å². The Bertz CT molecular complexity index is 549. The molecule has 6 heteroatoms. The molecule has 4 nitrogen and oxygen atoms in total. The lowest BCUT2D eigenvalue weighted by Crippen LogP contribution is -2.45. The SMILES string of the molecule is COc1ccsc1CN1CCNCC1c1ccncc1.Cl. The molecule has 1 fully saturated rings. The van der Waals surface area contributed by atoms with E-state index in [1.54, 1.807) is 18.4 Å². The average molecular weight is 326 g/mol. The smallest absolute Gasteiger partial charge is 0.134 e. The first kappa shape index (κ1) is 16.2. The molecular formula is C15H20ClN3OS. The fraction of sp³-hybridized carbons (Fsp3) is 0.400. The van der Waals surface area contributed by atoms with Crippen LogP contribution in [0.1, 0.15) is 16.5 Å². The molecule has 2 aromatic rings. The van der Waals surface area contributed by atoms with Gasteiger partial charge in [0.25, 0.3) is 0 Å². The molecule has 1 aliphatic heterocycles. The summed E-state index contributed by atoms with van der Waals surface area (Å²) in [6, 6.07) is 6.66. The van der Waals surface area contributed by atoms with Crippen LogP contribution in [0.25, 0.3) is 0 Å². The Morgan fingerprint density at radius 2 is 2.19 bits per heavy atom. The molecule has 0 spiro atoms. The van der Waals surface area contributed by atoms with Gasteiger partial charge in [0.15, 0.2) is 0 Å². The van der Waals surface area contributed by atoms with Crippen LogP contribution in [0.4, 0.5) is 0 Å². The number of nitrogens with zero attached hydrogens (tertiary/aromatic N) is 2. The molecule has 0 bridgehead atoms. The van der Waals surface area contributed by atoms with E-state index in [2.05, 4.69) is 32.7 Å². The van der Waals surface area contributed by atoms with Crippen molar-refractivity contribution in [2.75, 3.05) is 26.7 Å². The number of ether oxygens (including phenoxy) is 1. The third-order valence-electron chi connectivity index (χ3n) is 3.72. The lowest BCUT2D eigenvalue weighted by molar-refractivity contribution is 0.154. The molecule has 3 heterocycles. The molecular weight excluding hydrogens is 306 g/mol. The van der Waals surface area contributed by atoms with Crippen molar-refractivity contribution < 1.29 is 4.74 Å². The summed E-state index contributed by atoms with van der Waals surface area (Å²) in [6.45, 7) is 4.01. The van der Waals surface area contributed by atoms with Crippen LogP contribution < -0.4 is 10.1 Å². The first-order valence-electron chi connectivity index (χ1n) is 6.83. The lowest BCUT2D eigenvalue weighted by Gasteiger charge is -2.36. The van der Waals surface area contributed by atoms with Gasteiger partial charge >= 0.3 is 0 Å². The van der Waals surface area contributed by atoms with E-state index >= 15 is 0 Å². The largest absolute Gasteiger partial charge is 0.496 e. The van der Waals surface area contributed by atoms with E-state index in [-0.39, 0.29) is 12.4 Å². The minimum Gasteiger partial charge on any atom is -0.496 e. The van der Waals surface area contributed by atoms with Gasteiger partial charge in [-0.1, -0.05) is 0 Å². The fourth-order valence-corrected chi connectivity index (χ4v) is 3.52. The van der Waals surface area contributed by atoms with Gasteiger partial charge < -0.3 is 10.1 Å². The molecule has 0 aromatic carbocycles. The number of piperazine rings is 1. The summed E-state index contributed by atoms with van der Waals surface area (Å²) in [5.41, 5.74) is 1.32. The van der Waals surface area contributed by atoms with Crippen LogP contribution in [0.15, 0.2) is 36.0 Å². The predicted molar refractivity (Wildman–Crippen MR) is 88.4 cm³/mol. The van der Waals surface area contributed by atoms with Gasteiger partial charge in [-0.25, -0.2) is 0 Å². The third kappa shape index (κ3) is 3.74. The summed E-state index contributed by atoms with van der Waals surface area (Å²) in [5, 5.41) is 5.58. The number of rotatable bonds is 4. The van der Waals surface area contributed by atoms with Crippen molar-refractivity contribution in [2.45, 2.75) is 12.6 Å². The second-order valence-electron chi connectivity index (χ2n) is 4.88. The molecule has 3 rings (SSSR count). The molecule has 1 aliphatic rings. The van der Waals surface area contributed by atoms with E-state index in [0.717, 1.165) is 31.9 Å². The molecule has 21 heavy (non-hydrogen) atoms. The standard InChI is InChI=1S/C15H19N3OS.ClH/c1-19-14-4-9-20-15(14)11-18-8-7-17-10-13(18)12-2-5-16-6-3-12;/h2-6,9,13,17H,7-8,10-11H2,1H3;1H. The highest BCUT2D eigenvalue weighted by Gasteiger charge is 2.24. The lowest BCUT2D eigenvalue weighted by atomic mass is 10.0. The number of aromatic nitrogens is 1. The second-order valence-corrected chi connectivity index (χ2v) is 5.88. The van der Waals surface area contributed by atoms with Crippen molar-refractivity contribution in [3.63, 3.8) is 0 Å². The second kappa shape index (κ2) is 7.75. The van der Waals surface area contributed by atoms with Crippen LogP contribution in [-0.4, -0.2) is 36.6 Å². The van der Waals surface area contributed by atoms with Gasteiger partial charge in [-0.3, -0.25) is 9.88 Å². The minimum atomic E-state index is 0. The number of hydrogen-bond donors (Lipinski definition) is 1. The number of hydrogen-bond acceptors (Lipinski definition) is 5. The van der Waals surface area contributed by atoms with Gasteiger partial charge in [0.2, 0.25) is 0 Å². The molecule has 114 valence electrons. The molecule has 2 aromatic heterocycles. The van der Waals surface area contributed by atoms with E-state index < -0.39 is 0 Å². The van der Waals surface area contributed by atoms with E-state index in [4.69, 9.17) is 4.74 Å². The summed E-state index contributed by atoms with van der Waals surface area (Å²) in [5.74, 6) is 1.00. The van der Waals surface area contributed by atoms with Crippen LogP contribution >= 0.6 is 23.7 Å². The maximum absolute atomic E-state index is 5.43. The van der Waals surface area contributed by atoms with Crippen molar-refractivity contribution in [2.24, 2.45) is 0 Å². The highest BCUT2D eigenvalue weighted by atomic mass is 35.5. The maximum atomic E-state index is 5.43. The van der Waals surface area contributed by atoms with Crippen molar-refractivity contribution in [1.82, 2.24) is 15.2 Å². The van der Waals surface area contributed by atoms with Crippen molar-refractivity contribution in [3.8, 4) is 5.75 Å². The average Bonchev–Trinajstić information content (AvgIpc) is 2.96. The maximum Gasteiger partial charge on any atom is 0.134 e. The Morgan fingerprint density at radius 1 is 1.38 bits per heavy atom. The van der Waals surface area contributed by atoms with Crippen LogP contribution in [0.5, 0.6) is 5.75 Å². The van der Waals surface area contributed by atoms with E-state index in [1.807, 2.05) is 18.5 Å². The summed E-state index contributed by atoms with van der Waals surface area (Å²) >= 11 is 1.77. The molecule has 1 atom stereocenters. The van der Waals surface area contributed by atoms with Crippen LogP contribution in [0.2, 0.25) is 0 Å². The van der Waals surface area contributed by atoms with E-state index in [0.29, 0.717) is 6.04 Å². The van der Waals surface area contributed by atoms with Gasteiger partial charge in [0, 0.05) is 44.6 Å². The van der Waals surface area contributed by atoms with Crippen LogP contribution in [0.3, 0.4) is 0 Å². The zero-order valence-electron chi connectivity index (χ0n) is 12.0. The Hall–Kier alpha value is -1.14. The fourth-order valence-electron chi connectivity index (χ4n) is 2.66. The third-order valence-corrected chi connectivity index (χ3v) is 4.60. The number of thiophene rings is 1. The summed E-state index contributed by atoms with van der Waals surface area (Å²) in [7, 11) is 1.74. The first-order chi connectivity index (χ1) is 9.88. The monoisotopic (exact) mass is 325 g/mol. The molecule has 1 unspecified atom stereocenters. The number of nitrogens with one attached hydrogen (secondary N) is 1. The van der Waals surface area contributed by atoms with E-state index in [9.17, 15) is 0 Å². The summed E-state index contributed by atoms with van der Waals surface area (Å²) in [4.78, 5) is 7.93. The van der Waals surface area contributed by atoms with Gasteiger partial charge in [0.1, 0.15) is 5.75 Å². The normalized spacial score (nSPS) is 19.0.